The molecule has 0 amide bonds. The fourth-order valence-electron chi connectivity index (χ4n) is 3.43. The molecule has 2 aromatic carbocycles. The van der Waals surface area contributed by atoms with Crippen LogP contribution in [-0.4, -0.2) is 18.6 Å². The number of benzene rings is 2. The summed E-state index contributed by atoms with van der Waals surface area (Å²) >= 11 is 7.69. The monoisotopic (exact) mass is 422 g/mol. The third-order valence-electron chi connectivity index (χ3n) is 5.10. The van der Waals surface area contributed by atoms with Crippen molar-refractivity contribution in [3.05, 3.63) is 81.5 Å². The van der Waals surface area contributed by atoms with Gasteiger partial charge in [0.1, 0.15) is 5.75 Å². The minimum absolute atomic E-state index is 0.398. The summed E-state index contributed by atoms with van der Waals surface area (Å²) in [6.07, 6.45) is 0. The maximum Gasteiger partial charge on any atom is 0.121 e. The number of rotatable bonds is 7. The molecule has 0 saturated heterocycles. The lowest BCUT2D eigenvalue weighted by Gasteiger charge is -2.15. The first-order valence-electron chi connectivity index (χ1n) is 9.60. The van der Waals surface area contributed by atoms with E-state index in [-0.39, 0.29) is 0 Å². The van der Waals surface area contributed by atoms with Crippen molar-refractivity contribution in [3.8, 4) is 17.0 Å². The predicted octanol–water partition coefficient (Wildman–Crippen LogP) is 6.52. The van der Waals surface area contributed by atoms with E-state index < -0.39 is 0 Å². The van der Waals surface area contributed by atoms with Crippen molar-refractivity contribution < 1.29 is 4.74 Å². The lowest BCUT2D eigenvalue weighted by molar-refractivity contribution is 0.415. The van der Waals surface area contributed by atoms with Gasteiger partial charge in [0, 0.05) is 40.5 Å². The highest BCUT2D eigenvalue weighted by Crippen LogP contribution is 2.29. The summed E-state index contributed by atoms with van der Waals surface area (Å²) in [6.45, 7) is 3.87. The molecule has 1 unspecified atom stereocenters. The van der Waals surface area contributed by atoms with E-state index in [0.717, 1.165) is 46.0 Å². The fraction of sp³-hybridized carbons (Fsp3) is 0.208. The number of thiophene rings is 1. The Labute approximate surface area is 180 Å². The van der Waals surface area contributed by atoms with Gasteiger partial charge < -0.3 is 10.1 Å². The summed E-state index contributed by atoms with van der Waals surface area (Å²) in [5.74, 6) is 1.22. The van der Waals surface area contributed by atoms with Crippen molar-refractivity contribution in [3.63, 3.8) is 0 Å². The van der Waals surface area contributed by atoms with Crippen molar-refractivity contribution in [2.75, 3.05) is 13.7 Å². The molecule has 0 aliphatic rings. The minimum atomic E-state index is 0.398. The Hall–Kier alpha value is -2.40. The normalized spacial score (nSPS) is 12.2. The van der Waals surface area contributed by atoms with Gasteiger partial charge in [-0.05, 0) is 58.8 Å². The molecule has 148 valence electrons. The maximum atomic E-state index is 6.00. The van der Waals surface area contributed by atoms with Gasteiger partial charge in [-0.25, -0.2) is 4.98 Å². The summed E-state index contributed by atoms with van der Waals surface area (Å²) < 4.78 is 5.37. The van der Waals surface area contributed by atoms with Crippen molar-refractivity contribution >= 4 is 33.8 Å². The van der Waals surface area contributed by atoms with Crippen LogP contribution in [0.3, 0.4) is 0 Å². The fourth-order valence-corrected chi connectivity index (χ4v) is 4.20. The molecule has 0 aliphatic heterocycles. The van der Waals surface area contributed by atoms with E-state index in [2.05, 4.69) is 53.3 Å². The van der Waals surface area contributed by atoms with E-state index >= 15 is 0 Å². The molecule has 2 aromatic heterocycles. The lowest BCUT2D eigenvalue weighted by atomic mass is 10.0. The van der Waals surface area contributed by atoms with E-state index in [1.54, 1.807) is 18.4 Å². The second-order valence-corrected chi connectivity index (χ2v) is 8.37. The van der Waals surface area contributed by atoms with Gasteiger partial charge in [0.2, 0.25) is 0 Å². The molecule has 4 aromatic rings. The van der Waals surface area contributed by atoms with E-state index in [4.69, 9.17) is 21.3 Å². The molecule has 0 fully saturated rings. The van der Waals surface area contributed by atoms with Gasteiger partial charge in [0.15, 0.2) is 0 Å². The molecule has 0 aliphatic carbocycles. The zero-order chi connectivity index (χ0) is 20.2. The highest BCUT2D eigenvalue weighted by Gasteiger charge is 2.12. The Balaban J connectivity index is 1.57. The molecule has 2 heterocycles. The molecule has 0 saturated carbocycles. The third-order valence-corrected chi connectivity index (χ3v) is 6.04. The Kier molecular flexibility index (Phi) is 6.14. The first kappa shape index (κ1) is 19.9. The predicted molar refractivity (Wildman–Crippen MR) is 123 cm³/mol. The second-order valence-electron chi connectivity index (χ2n) is 7.15. The third kappa shape index (κ3) is 4.61. The number of ether oxygens (including phenoxy) is 1. The Morgan fingerprint density at radius 3 is 2.66 bits per heavy atom. The highest BCUT2D eigenvalue weighted by atomic mass is 35.5. The number of aromatic nitrogens is 1. The van der Waals surface area contributed by atoms with Crippen LogP contribution < -0.4 is 10.1 Å². The number of fused-ring (bicyclic) bond motifs is 1. The molecule has 4 rings (SSSR count). The SMILES string of the molecule is COc1ccc2cc(CNCC(C)c3ccc(Cl)cc3)c(-c3ccsc3)nc2c1. The standard InChI is InChI=1S/C24H23ClN2OS/c1-16(17-3-6-21(25)7-4-17)13-26-14-20-11-18-5-8-22(28-2)12-23(18)27-24(20)19-9-10-29-15-19/h3-12,15-16,26H,13-14H2,1-2H3. The number of hydrogen-bond acceptors (Lipinski definition) is 4. The molecule has 1 atom stereocenters. The molecule has 29 heavy (non-hydrogen) atoms. The number of hydrogen-bond donors (Lipinski definition) is 1. The molecule has 1 N–H and O–H groups in total. The van der Waals surface area contributed by atoms with E-state index in [1.165, 1.54) is 11.1 Å². The average Bonchev–Trinajstić information content (AvgIpc) is 3.28. The van der Waals surface area contributed by atoms with Crippen molar-refractivity contribution in [2.45, 2.75) is 19.4 Å². The van der Waals surface area contributed by atoms with Crippen LogP contribution in [-0.2, 0) is 6.54 Å². The van der Waals surface area contributed by atoms with Crippen LogP contribution in [0.5, 0.6) is 5.75 Å². The van der Waals surface area contributed by atoms with Crippen LogP contribution in [0.25, 0.3) is 22.2 Å². The topological polar surface area (TPSA) is 34.1 Å². The van der Waals surface area contributed by atoms with Crippen molar-refractivity contribution in [2.24, 2.45) is 0 Å². The zero-order valence-corrected chi connectivity index (χ0v) is 18.1. The van der Waals surface area contributed by atoms with Gasteiger partial charge in [0.05, 0.1) is 18.3 Å². The Morgan fingerprint density at radius 2 is 1.93 bits per heavy atom. The molecule has 0 radical (unpaired) electrons. The van der Waals surface area contributed by atoms with Gasteiger partial charge in [-0.15, -0.1) is 0 Å². The molecular formula is C24H23ClN2OS. The smallest absolute Gasteiger partial charge is 0.121 e. The molecule has 5 heteroatoms. The molecule has 0 bridgehead atoms. The number of nitrogens with zero attached hydrogens (tertiary/aromatic N) is 1. The molecule has 0 spiro atoms. The largest absolute Gasteiger partial charge is 0.497 e. The summed E-state index contributed by atoms with van der Waals surface area (Å²) in [6, 6.07) is 18.5. The van der Waals surface area contributed by atoms with Crippen LogP contribution in [0.2, 0.25) is 5.02 Å². The summed E-state index contributed by atoms with van der Waals surface area (Å²) in [5.41, 5.74) is 5.61. The van der Waals surface area contributed by atoms with Gasteiger partial charge in [0.25, 0.3) is 0 Å². The van der Waals surface area contributed by atoms with Crippen LogP contribution in [0.4, 0.5) is 0 Å². The van der Waals surface area contributed by atoms with Crippen molar-refractivity contribution in [1.29, 1.82) is 0 Å². The van der Waals surface area contributed by atoms with Crippen LogP contribution in [0.15, 0.2) is 65.4 Å². The molecule has 3 nitrogen and oxygen atoms in total. The zero-order valence-electron chi connectivity index (χ0n) is 16.5. The second kappa shape index (κ2) is 8.95. The number of methoxy groups -OCH3 is 1. The Morgan fingerprint density at radius 1 is 1.10 bits per heavy atom. The van der Waals surface area contributed by atoms with E-state index in [0.29, 0.717) is 5.92 Å². The summed E-state index contributed by atoms with van der Waals surface area (Å²) in [7, 11) is 1.68. The minimum Gasteiger partial charge on any atom is -0.497 e. The first-order valence-corrected chi connectivity index (χ1v) is 10.9. The van der Waals surface area contributed by atoms with Gasteiger partial charge in [-0.3, -0.25) is 0 Å². The van der Waals surface area contributed by atoms with E-state index in [9.17, 15) is 0 Å². The quantitative estimate of drug-likeness (QED) is 0.368. The number of halogens is 1. The van der Waals surface area contributed by atoms with Crippen LogP contribution >= 0.6 is 22.9 Å². The number of pyridine rings is 1. The Bertz CT molecular complexity index is 1090. The van der Waals surface area contributed by atoms with E-state index in [1.807, 2.05) is 24.3 Å². The number of nitrogens with one attached hydrogen (secondary N) is 1. The van der Waals surface area contributed by atoms with Crippen molar-refractivity contribution in [1.82, 2.24) is 10.3 Å². The summed E-state index contributed by atoms with van der Waals surface area (Å²) in [4.78, 5) is 4.96. The van der Waals surface area contributed by atoms with Gasteiger partial charge in [-0.1, -0.05) is 30.7 Å². The lowest BCUT2D eigenvalue weighted by Crippen LogP contribution is -2.20. The molecular weight excluding hydrogens is 400 g/mol. The average molecular weight is 423 g/mol. The maximum absolute atomic E-state index is 6.00. The van der Waals surface area contributed by atoms with Gasteiger partial charge in [-0.2, -0.15) is 11.3 Å². The first-order chi connectivity index (χ1) is 14.1. The van der Waals surface area contributed by atoms with Gasteiger partial charge >= 0.3 is 0 Å². The van der Waals surface area contributed by atoms with Crippen LogP contribution in [0.1, 0.15) is 24.0 Å². The summed E-state index contributed by atoms with van der Waals surface area (Å²) in [5, 5.41) is 9.74. The van der Waals surface area contributed by atoms with Crippen LogP contribution in [0, 0.1) is 0 Å². The highest BCUT2D eigenvalue weighted by molar-refractivity contribution is 7.08.